The fraction of sp³-hybridized carbons (Fsp3) is 0.500. The first-order chi connectivity index (χ1) is 11.9. The van der Waals surface area contributed by atoms with E-state index >= 15 is 0 Å². The van der Waals surface area contributed by atoms with Crippen LogP contribution in [0.2, 0.25) is 0 Å². The smallest absolute Gasteiger partial charge is 0.325 e. The quantitative estimate of drug-likeness (QED) is 0.688. The first-order valence-electron chi connectivity index (χ1n) is 8.18. The Morgan fingerprint density at radius 1 is 1.28 bits per heavy atom. The van der Waals surface area contributed by atoms with Crippen molar-refractivity contribution >= 4 is 24.3 Å². The second-order valence-corrected chi connectivity index (χ2v) is 8.12. The monoisotopic (exact) mass is 367 g/mol. The number of nitrogens with zero attached hydrogens (tertiary/aromatic N) is 3. The molecule has 0 aliphatic carbocycles. The van der Waals surface area contributed by atoms with Crippen molar-refractivity contribution in [1.82, 2.24) is 9.97 Å². The molecule has 136 valence electrons. The number of phenols is 1. The van der Waals surface area contributed by atoms with Gasteiger partial charge in [0.1, 0.15) is 12.1 Å². The molecule has 3 rings (SSSR count). The third kappa shape index (κ3) is 4.21. The van der Waals surface area contributed by atoms with E-state index in [-0.39, 0.29) is 11.9 Å². The van der Waals surface area contributed by atoms with Gasteiger partial charge in [-0.15, -0.1) is 0 Å². The summed E-state index contributed by atoms with van der Waals surface area (Å²) in [5.74, 6) is 1.48. The Bertz CT molecular complexity index is 802. The van der Waals surface area contributed by atoms with Crippen molar-refractivity contribution in [2.75, 3.05) is 31.3 Å². The molecule has 1 fully saturated rings. The first kappa shape index (κ1) is 17.9. The normalized spacial score (nSPS) is 16.4. The maximum absolute atomic E-state index is 11.0. The second-order valence-electron chi connectivity index (χ2n) is 6.35. The van der Waals surface area contributed by atoms with Gasteiger partial charge in [0.15, 0.2) is 11.5 Å². The minimum atomic E-state index is -3.93. The van der Waals surface area contributed by atoms with Crippen LogP contribution in [0.25, 0.3) is 10.9 Å². The summed E-state index contributed by atoms with van der Waals surface area (Å²) in [7, 11) is -2.43. The van der Waals surface area contributed by atoms with Crippen molar-refractivity contribution in [1.29, 1.82) is 0 Å². The average Bonchev–Trinajstić information content (AvgIpc) is 2.59. The first-order valence-corrected chi connectivity index (χ1v) is 9.98. The molecule has 9 heteroatoms. The molecule has 0 saturated carbocycles. The molecule has 1 aliphatic rings. The van der Waals surface area contributed by atoms with Gasteiger partial charge >= 0.3 is 7.60 Å². The predicted octanol–water partition coefficient (Wildman–Crippen LogP) is 2.13. The zero-order chi connectivity index (χ0) is 18.0. The highest BCUT2D eigenvalue weighted by molar-refractivity contribution is 7.51. The standard InChI is InChI=1S/C16H22N3O5P/c1-24-15-9-13-12(8-14(15)20)16(18-10-17-13)19-5-2-11(3-6-19)4-7-25(21,22)23/h8-11,20H,2-7H2,1H3,(H2,21,22,23). The SMILES string of the molecule is COc1cc2ncnc(N3CCC(CCP(=O)(O)O)CC3)c2cc1O. The summed E-state index contributed by atoms with van der Waals surface area (Å²) < 4.78 is 16.1. The summed E-state index contributed by atoms with van der Waals surface area (Å²) in [5, 5.41) is 10.8. The summed E-state index contributed by atoms with van der Waals surface area (Å²) in [5.41, 5.74) is 0.697. The van der Waals surface area contributed by atoms with Crippen molar-refractivity contribution in [3.05, 3.63) is 18.5 Å². The van der Waals surface area contributed by atoms with E-state index in [1.165, 1.54) is 13.4 Å². The highest BCUT2D eigenvalue weighted by Crippen LogP contribution is 2.39. The van der Waals surface area contributed by atoms with Crippen LogP contribution in [-0.4, -0.2) is 51.2 Å². The Balaban J connectivity index is 1.75. The summed E-state index contributed by atoms with van der Waals surface area (Å²) in [6, 6.07) is 3.30. The van der Waals surface area contributed by atoms with Crippen molar-refractivity contribution < 1.29 is 24.2 Å². The fourth-order valence-corrected chi connectivity index (χ4v) is 3.96. The molecule has 0 unspecified atom stereocenters. The van der Waals surface area contributed by atoms with Gasteiger partial charge in [0, 0.05) is 24.5 Å². The summed E-state index contributed by atoms with van der Waals surface area (Å²) >= 11 is 0. The number of hydrogen-bond acceptors (Lipinski definition) is 6. The minimum absolute atomic E-state index is 0.0441. The number of ether oxygens (including phenoxy) is 1. The Morgan fingerprint density at radius 2 is 2.00 bits per heavy atom. The van der Waals surface area contributed by atoms with E-state index in [1.807, 2.05) is 0 Å². The zero-order valence-corrected chi connectivity index (χ0v) is 14.9. The molecule has 2 aromatic rings. The molecule has 1 aliphatic heterocycles. The van der Waals surface area contributed by atoms with Gasteiger partial charge in [-0.05, 0) is 31.2 Å². The van der Waals surface area contributed by atoms with Gasteiger partial charge in [0.2, 0.25) is 0 Å². The number of fused-ring (bicyclic) bond motifs is 1. The van der Waals surface area contributed by atoms with Gasteiger partial charge in [-0.3, -0.25) is 4.57 Å². The summed E-state index contributed by atoms with van der Waals surface area (Å²) in [4.78, 5) is 28.8. The highest BCUT2D eigenvalue weighted by Gasteiger charge is 2.24. The number of methoxy groups -OCH3 is 1. The fourth-order valence-electron chi connectivity index (χ4n) is 3.26. The third-order valence-corrected chi connectivity index (χ3v) is 5.50. The zero-order valence-electron chi connectivity index (χ0n) is 14.0. The topological polar surface area (TPSA) is 116 Å². The van der Waals surface area contributed by atoms with Gasteiger partial charge in [0.05, 0.1) is 18.8 Å². The molecule has 1 aromatic carbocycles. The molecular formula is C16H22N3O5P. The Labute approximate surface area is 145 Å². The molecule has 1 saturated heterocycles. The van der Waals surface area contributed by atoms with Crippen molar-refractivity contribution in [3.8, 4) is 11.5 Å². The highest BCUT2D eigenvalue weighted by atomic mass is 31.2. The van der Waals surface area contributed by atoms with Crippen molar-refractivity contribution in [3.63, 3.8) is 0 Å². The number of rotatable bonds is 5. The molecule has 25 heavy (non-hydrogen) atoms. The molecule has 3 N–H and O–H groups in total. The third-order valence-electron chi connectivity index (χ3n) is 4.66. The van der Waals surface area contributed by atoms with E-state index in [0.717, 1.165) is 37.1 Å². The molecule has 8 nitrogen and oxygen atoms in total. The van der Waals surface area contributed by atoms with Crippen LogP contribution in [0.15, 0.2) is 18.5 Å². The predicted molar refractivity (Wildman–Crippen MR) is 94.2 cm³/mol. The van der Waals surface area contributed by atoms with Gasteiger partial charge in [-0.25, -0.2) is 9.97 Å². The molecule has 0 radical (unpaired) electrons. The van der Waals surface area contributed by atoms with Crippen LogP contribution in [0.1, 0.15) is 19.3 Å². The number of aromatic nitrogens is 2. The van der Waals surface area contributed by atoms with Gasteiger partial charge < -0.3 is 24.5 Å². The maximum Gasteiger partial charge on any atom is 0.325 e. The number of benzene rings is 1. The van der Waals surface area contributed by atoms with E-state index in [0.29, 0.717) is 23.6 Å². The van der Waals surface area contributed by atoms with Crippen LogP contribution in [0, 0.1) is 5.92 Å². The van der Waals surface area contributed by atoms with E-state index in [9.17, 15) is 9.67 Å². The number of aromatic hydroxyl groups is 1. The van der Waals surface area contributed by atoms with E-state index in [1.54, 1.807) is 12.1 Å². The Morgan fingerprint density at radius 3 is 2.64 bits per heavy atom. The molecule has 0 atom stereocenters. The molecule has 2 heterocycles. The van der Waals surface area contributed by atoms with Crippen molar-refractivity contribution in [2.24, 2.45) is 5.92 Å². The molecule has 0 amide bonds. The molecular weight excluding hydrogens is 345 g/mol. The lowest BCUT2D eigenvalue weighted by atomic mass is 9.94. The van der Waals surface area contributed by atoms with Gasteiger partial charge in [-0.1, -0.05) is 0 Å². The van der Waals surface area contributed by atoms with E-state index < -0.39 is 7.60 Å². The molecule has 0 bridgehead atoms. The Hall–Kier alpha value is -1.89. The van der Waals surface area contributed by atoms with Crippen LogP contribution >= 0.6 is 7.60 Å². The van der Waals surface area contributed by atoms with E-state index in [4.69, 9.17) is 14.5 Å². The Kier molecular flexibility index (Phi) is 5.13. The van der Waals surface area contributed by atoms with Gasteiger partial charge in [-0.2, -0.15) is 0 Å². The number of anilines is 1. The van der Waals surface area contributed by atoms with E-state index in [2.05, 4.69) is 14.9 Å². The summed E-state index contributed by atoms with van der Waals surface area (Å²) in [6.07, 6.45) is 3.69. The number of piperidine rings is 1. The molecule has 0 spiro atoms. The number of phenolic OH excluding ortho intramolecular Hbond substituents is 1. The lowest BCUT2D eigenvalue weighted by molar-refractivity contribution is 0.350. The lowest BCUT2D eigenvalue weighted by Gasteiger charge is -2.33. The largest absolute Gasteiger partial charge is 0.504 e. The minimum Gasteiger partial charge on any atom is -0.504 e. The van der Waals surface area contributed by atoms with Crippen LogP contribution < -0.4 is 9.64 Å². The van der Waals surface area contributed by atoms with Crippen LogP contribution in [-0.2, 0) is 4.57 Å². The lowest BCUT2D eigenvalue weighted by Crippen LogP contribution is -2.34. The van der Waals surface area contributed by atoms with Crippen LogP contribution in [0.5, 0.6) is 11.5 Å². The second kappa shape index (κ2) is 7.15. The molecule has 1 aromatic heterocycles. The van der Waals surface area contributed by atoms with Crippen LogP contribution in [0.3, 0.4) is 0 Å². The van der Waals surface area contributed by atoms with Crippen LogP contribution in [0.4, 0.5) is 5.82 Å². The maximum atomic E-state index is 11.0. The van der Waals surface area contributed by atoms with Crippen molar-refractivity contribution in [2.45, 2.75) is 19.3 Å². The van der Waals surface area contributed by atoms with Gasteiger partial charge in [0.25, 0.3) is 0 Å². The average molecular weight is 367 g/mol. The number of hydrogen-bond donors (Lipinski definition) is 3. The summed E-state index contributed by atoms with van der Waals surface area (Å²) in [6.45, 7) is 1.51.